The van der Waals surface area contributed by atoms with Crippen molar-refractivity contribution >= 4 is 6.09 Å². The van der Waals surface area contributed by atoms with E-state index < -0.39 is 11.7 Å². The van der Waals surface area contributed by atoms with E-state index in [1.807, 2.05) is 20.8 Å². The van der Waals surface area contributed by atoms with E-state index in [4.69, 9.17) is 4.74 Å². The normalized spacial score (nSPS) is 26.3. The lowest BCUT2D eigenvalue weighted by atomic mass is 9.93. The highest BCUT2D eigenvalue weighted by Gasteiger charge is 2.37. The number of likely N-dealkylation sites (tertiary alicyclic amines) is 1. The molecule has 1 amide bonds. The van der Waals surface area contributed by atoms with Gasteiger partial charge in [0.1, 0.15) is 5.60 Å². The summed E-state index contributed by atoms with van der Waals surface area (Å²) < 4.78 is 5.27. The molecule has 16 heavy (non-hydrogen) atoms. The van der Waals surface area contributed by atoms with E-state index in [-0.39, 0.29) is 12.0 Å². The minimum Gasteiger partial charge on any atom is -0.444 e. The van der Waals surface area contributed by atoms with Gasteiger partial charge in [-0.3, -0.25) is 0 Å². The first-order valence-electron chi connectivity index (χ1n) is 5.86. The number of hydrogen-bond acceptors (Lipinski definition) is 3. The maximum Gasteiger partial charge on any atom is 0.410 e. The highest BCUT2D eigenvalue weighted by Crippen LogP contribution is 2.25. The number of amides is 1. The van der Waals surface area contributed by atoms with E-state index in [1.165, 1.54) is 0 Å². The van der Waals surface area contributed by atoms with Crippen LogP contribution in [0.5, 0.6) is 0 Å². The van der Waals surface area contributed by atoms with Crippen molar-refractivity contribution in [3.63, 3.8) is 0 Å². The Hall–Kier alpha value is -0.770. The standard InChI is InChI=1S/C12H23NO3/c1-8(2)9-6-13(7-10(9)14)11(15)16-12(3,4)5/h8-10,14H,6-7H2,1-5H3. The molecule has 0 spiro atoms. The molecule has 1 N–H and O–H groups in total. The first kappa shape index (κ1) is 13.3. The van der Waals surface area contributed by atoms with Gasteiger partial charge in [0, 0.05) is 12.5 Å². The Labute approximate surface area is 97.6 Å². The van der Waals surface area contributed by atoms with Crippen LogP contribution in [0.2, 0.25) is 0 Å². The number of aliphatic hydroxyl groups excluding tert-OH is 1. The lowest BCUT2D eigenvalue weighted by molar-refractivity contribution is 0.0269. The van der Waals surface area contributed by atoms with Gasteiger partial charge >= 0.3 is 6.09 Å². The summed E-state index contributed by atoms with van der Waals surface area (Å²) in [6.45, 7) is 10.6. The van der Waals surface area contributed by atoms with Gasteiger partial charge in [-0.25, -0.2) is 4.79 Å². The van der Waals surface area contributed by atoms with Crippen LogP contribution in [0, 0.1) is 11.8 Å². The summed E-state index contributed by atoms with van der Waals surface area (Å²) in [6, 6.07) is 0. The second-order valence-electron chi connectivity index (χ2n) is 5.86. The Morgan fingerprint density at radius 2 is 1.94 bits per heavy atom. The van der Waals surface area contributed by atoms with Crippen LogP contribution in [0.3, 0.4) is 0 Å². The number of ether oxygens (including phenoxy) is 1. The largest absolute Gasteiger partial charge is 0.444 e. The zero-order chi connectivity index (χ0) is 12.5. The minimum atomic E-state index is -0.474. The predicted molar refractivity (Wildman–Crippen MR) is 62.1 cm³/mol. The van der Waals surface area contributed by atoms with Crippen LogP contribution >= 0.6 is 0 Å². The van der Waals surface area contributed by atoms with E-state index in [9.17, 15) is 9.90 Å². The molecule has 4 heteroatoms. The van der Waals surface area contributed by atoms with Gasteiger partial charge in [-0.2, -0.15) is 0 Å². The molecule has 1 heterocycles. The second kappa shape index (κ2) is 4.62. The molecule has 2 atom stereocenters. The zero-order valence-electron chi connectivity index (χ0n) is 10.9. The molecule has 0 aromatic rings. The summed E-state index contributed by atoms with van der Waals surface area (Å²) in [5, 5.41) is 9.83. The monoisotopic (exact) mass is 229 g/mol. The van der Waals surface area contributed by atoms with Gasteiger partial charge in [-0.05, 0) is 26.7 Å². The van der Waals surface area contributed by atoms with Gasteiger partial charge in [0.15, 0.2) is 0 Å². The van der Waals surface area contributed by atoms with Crippen molar-refractivity contribution in [3.05, 3.63) is 0 Å². The van der Waals surface area contributed by atoms with Crippen LogP contribution in [-0.4, -0.2) is 40.9 Å². The fourth-order valence-electron chi connectivity index (χ4n) is 1.94. The lowest BCUT2D eigenvalue weighted by Gasteiger charge is -2.24. The molecule has 2 unspecified atom stereocenters. The summed E-state index contributed by atoms with van der Waals surface area (Å²) >= 11 is 0. The van der Waals surface area contributed by atoms with E-state index in [1.54, 1.807) is 4.90 Å². The Kier molecular flexibility index (Phi) is 3.84. The third-order valence-electron chi connectivity index (χ3n) is 2.84. The molecular weight excluding hydrogens is 206 g/mol. The molecule has 1 aliphatic heterocycles. The minimum absolute atomic E-state index is 0.160. The van der Waals surface area contributed by atoms with Gasteiger partial charge in [0.05, 0.1) is 12.6 Å². The van der Waals surface area contributed by atoms with Crippen LogP contribution in [-0.2, 0) is 4.74 Å². The van der Waals surface area contributed by atoms with E-state index in [2.05, 4.69) is 13.8 Å². The Bertz CT molecular complexity index is 257. The van der Waals surface area contributed by atoms with Crippen molar-refractivity contribution < 1.29 is 14.6 Å². The molecule has 1 rings (SSSR count). The summed E-state index contributed by atoms with van der Waals surface area (Å²) in [7, 11) is 0. The highest BCUT2D eigenvalue weighted by molar-refractivity contribution is 5.68. The first-order valence-corrected chi connectivity index (χ1v) is 5.86. The smallest absolute Gasteiger partial charge is 0.410 e. The van der Waals surface area contributed by atoms with Crippen molar-refractivity contribution in [1.82, 2.24) is 4.90 Å². The summed E-state index contributed by atoms with van der Waals surface area (Å²) in [6.07, 6.45) is -0.748. The number of carbonyl (C=O) groups excluding carboxylic acids is 1. The third kappa shape index (κ3) is 3.37. The zero-order valence-corrected chi connectivity index (χ0v) is 10.9. The quantitative estimate of drug-likeness (QED) is 0.746. The number of rotatable bonds is 1. The average molecular weight is 229 g/mol. The fraction of sp³-hybridized carbons (Fsp3) is 0.917. The topological polar surface area (TPSA) is 49.8 Å². The molecule has 0 radical (unpaired) electrons. The number of aliphatic hydroxyl groups is 1. The van der Waals surface area contributed by atoms with Gasteiger partial charge in [-0.1, -0.05) is 13.8 Å². The number of carbonyl (C=O) groups is 1. The van der Waals surface area contributed by atoms with Crippen LogP contribution < -0.4 is 0 Å². The van der Waals surface area contributed by atoms with Crippen molar-refractivity contribution in [3.8, 4) is 0 Å². The predicted octanol–water partition coefficient (Wildman–Crippen LogP) is 1.87. The molecule has 0 aliphatic carbocycles. The maximum atomic E-state index is 11.8. The molecule has 1 fully saturated rings. The van der Waals surface area contributed by atoms with Crippen molar-refractivity contribution in [2.24, 2.45) is 11.8 Å². The molecule has 4 nitrogen and oxygen atoms in total. The molecule has 0 aromatic carbocycles. The Morgan fingerprint density at radius 1 is 1.38 bits per heavy atom. The Balaban J connectivity index is 2.55. The average Bonchev–Trinajstić information content (AvgIpc) is 2.44. The SMILES string of the molecule is CC(C)C1CN(C(=O)OC(C)(C)C)CC1O. The van der Waals surface area contributed by atoms with Crippen molar-refractivity contribution in [2.45, 2.75) is 46.3 Å². The van der Waals surface area contributed by atoms with E-state index in [0.29, 0.717) is 19.0 Å². The van der Waals surface area contributed by atoms with Gasteiger partial charge in [0.2, 0.25) is 0 Å². The summed E-state index contributed by atoms with van der Waals surface area (Å²) in [5.74, 6) is 0.537. The molecule has 0 bridgehead atoms. The number of nitrogens with zero attached hydrogens (tertiary/aromatic N) is 1. The van der Waals surface area contributed by atoms with Crippen LogP contribution in [0.25, 0.3) is 0 Å². The van der Waals surface area contributed by atoms with Gasteiger partial charge in [-0.15, -0.1) is 0 Å². The maximum absolute atomic E-state index is 11.8. The first-order chi connectivity index (χ1) is 7.20. The molecule has 0 aromatic heterocycles. The highest BCUT2D eigenvalue weighted by atomic mass is 16.6. The second-order valence-corrected chi connectivity index (χ2v) is 5.86. The summed E-state index contributed by atoms with van der Waals surface area (Å²) in [4.78, 5) is 13.4. The van der Waals surface area contributed by atoms with Crippen LogP contribution in [0.4, 0.5) is 4.79 Å². The van der Waals surface area contributed by atoms with Crippen molar-refractivity contribution in [1.29, 1.82) is 0 Å². The Morgan fingerprint density at radius 3 is 2.31 bits per heavy atom. The number of β-amino-alcohol motifs (C(OH)–C–C–N with tert-alkyl or cyclic N) is 1. The van der Waals surface area contributed by atoms with Crippen molar-refractivity contribution in [2.75, 3.05) is 13.1 Å². The van der Waals surface area contributed by atoms with E-state index in [0.717, 1.165) is 0 Å². The number of hydrogen-bond donors (Lipinski definition) is 1. The molecular formula is C12H23NO3. The third-order valence-corrected chi connectivity index (χ3v) is 2.84. The lowest BCUT2D eigenvalue weighted by Crippen LogP contribution is -2.36. The van der Waals surface area contributed by atoms with Gasteiger partial charge in [0.25, 0.3) is 0 Å². The van der Waals surface area contributed by atoms with Crippen LogP contribution in [0.15, 0.2) is 0 Å². The molecule has 1 aliphatic rings. The van der Waals surface area contributed by atoms with Crippen LogP contribution in [0.1, 0.15) is 34.6 Å². The molecule has 1 saturated heterocycles. The molecule has 0 saturated carbocycles. The fourth-order valence-corrected chi connectivity index (χ4v) is 1.94. The van der Waals surface area contributed by atoms with E-state index >= 15 is 0 Å². The summed E-state index contributed by atoms with van der Waals surface area (Å²) in [5.41, 5.74) is -0.474. The molecule has 94 valence electrons. The van der Waals surface area contributed by atoms with Gasteiger partial charge < -0.3 is 14.7 Å².